The minimum absolute atomic E-state index is 0.186. The SMILES string of the molecule is O=C(Nc1ccccc1Br)c1cccc(C(=O)N2CCOCC2)n1. The monoisotopic (exact) mass is 389 g/mol. The number of para-hydroxylation sites is 1. The zero-order valence-corrected chi connectivity index (χ0v) is 14.5. The van der Waals surface area contributed by atoms with Crippen molar-refractivity contribution in [3.63, 3.8) is 0 Å². The van der Waals surface area contributed by atoms with E-state index in [1.54, 1.807) is 29.2 Å². The summed E-state index contributed by atoms with van der Waals surface area (Å²) in [7, 11) is 0. The lowest BCUT2D eigenvalue weighted by Crippen LogP contribution is -2.41. The first-order chi connectivity index (χ1) is 11.6. The van der Waals surface area contributed by atoms with Crippen LogP contribution in [0.1, 0.15) is 21.0 Å². The lowest BCUT2D eigenvalue weighted by Gasteiger charge is -2.26. The van der Waals surface area contributed by atoms with Crippen LogP contribution in [-0.4, -0.2) is 48.0 Å². The summed E-state index contributed by atoms with van der Waals surface area (Å²) in [6, 6.07) is 12.2. The zero-order valence-electron chi connectivity index (χ0n) is 12.9. The number of anilines is 1. The van der Waals surface area contributed by atoms with E-state index in [-0.39, 0.29) is 23.2 Å². The Morgan fingerprint density at radius 3 is 2.50 bits per heavy atom. The highest BCUT2D eigenvalue weighted by molar-refractivity contribution is 9.10. The largest absolute Gasteiger partial charge is 0.378 e. The molecule has 0 atom stereocenters. The number of ether oxygens (including phenoxy) is 1. The molecule has 2 aromatic rings. The van der Waals surface area contributed by atoms with Crippen molar-refractivity contribution < 1.29 is 14.3 Å². The highest BCUT2D eigenvalue weighted by atomic mass is 79.9. The van der Waals surface area contributed by atoms with Gasteiger partial charge in [-0.1, -0.05) is 18.2 Å². The third-order valence-corrected chi connectivity index (χ3v) is 4.31. The summed E-state index contributed by atoms with van der Waals surface area (Å²) in [6.45, 7) is 2.11. The van der Waals surface area contributed by atoms with E-state index in [1.165, 1.54) is 0 Å². The fraction of sp³-hybridized carbons (Fsp3) is 0.235. The maximum atomic E-state index is 12.5. The molecule has 24 heavy (non-hydrogen) atoms. The molecular weight excluding hydrogens is 374 g/mol. The number of carbonyl (C=O) groups excluding carboxylic acids is 2. The van der Waals surface area contributed by atoms with Gasteiger partial charge in [0.25, 0.3) is 11.8 Å². The van der Waals surface area contributed by atoms with Crippen LogP contribution >= 0.6 is 15.9 Å². The van der Waals surface area contributed by atoms with Crippen molar-refractivity contribution in [2.24, 2.45) is 0 Å². The Labute approximate surface area is 148 Å². The molecule has 1 saturated heterocycles. The smallest absolute Gasteiger partial charge is 0.274 e. The normalized spacial score (nSPS) is 14.3. The predicted octanol–water partition coefficient (Wildman–Crippen LogP) is 2.57. The van der Waals surface area contributed by atoms with Crippen LogP contribution in [0, 0.1) is 0 Å². The Morgan fingerprint density at radius 1 is 1.04 bits per heavy atom. The van der Waals surface area contributed by atoms with Crippen LogP contribution in [0.2, 0.25) is 0 Å². The highest BCUT2D eigenvalue weighted by Crippen LogP contribution is 2.21. The molecule has 124 valence electrons. The zero-order chi connectivity index (χ0) is 16.9. The van der Waals surface area contributed by atoms with Gasteiger partial charge in [-0.2, -0.15) is 0 Å². The van der Waals surface area contributed by atoms with Crippen molar-refractivity contribution in [3.05, 3.63) is 58.3 Å². The third kappa shape index (κ3) is 3.80. The second-order valence-electron chi connectivity index (χ2n) is 5.25. The molecule has 6 nitrogen and oxygen atoms in total. The molecule has 1 aliphatic rings. The molecule has 1 fully saturated rings. The number of hydrogen-bond acceptors (Lipinski definition) is 4. The summed E-state index contributed by atoms with van der Waals surface area (Å²) in [5.41, 5.74) is 1.11. The Balaban J connectivity index is 1.76. The molecule has 1 aromatic carbocycles. The van der Waals surface area contributed by atoms with Crippen molar-refractivity contribution in [3.8, 4) is 0 Å². The standard InChI is InChI=1S/C17H16BrN3O3/c18-12-4-1-2-5-13(12)20-16(22)14-6-3-7-15(19-14)17(23)21-8-10-24-11-9-21/h1-7H,8-11H2,(H,20,22). The molecule has 2 heterocycles. The molecule has 1 N–H and O–H groups in total. The Hall–Kier alpha value is -2.25. The van der Waals surface area contributed by atoms with Crippen LogP contribution in [0.25, 0.3) is 0 Å². The lowest BCUT2D eigenvalue weighted by atomic mass is 10.2. The Kier molecular flexibility index (Phi) is 5.22. The summed E-state index contributed by atoms with van der Waals surface area (Å²) in [6.07, 6.45) is 0. The second kappa shape index (κ2) is 7.55. The van der Waals surface area contributed by atoms with Crippen molar-refractivity contribution in [2.75, 3.05) is 31.6 Å². The fourth-order valence-corrected chi connectivity index (χ4v) is 2.74. The quantitative estimate of drug-likeness (QED) is 0.875. The van der Waals surface area contributed by atoms with Gasteiger partial charge in [0, 0.05) is 17.6 Å². The van der Waals surface area contributed by atoms with E-state index >= 15 is 0 Å². The van der Waals surface area contributed by atoms with Gasteiger partial charge < -0.3 is 15.0 Å². The van der Waals surface area contributed by atoms with E-state index in [2.05, 4.69) is 26.2 Å². The number of halogens is 1. The third-order valence-electron chi connectivity index (χ3n) is 3.62. The molecule has 1 aliphatic heterocycles. The molecule has 0 unspecified atom stereocenters. The summed E-state index contributed by atoms with van der Waals surface area (Å²) in [5.74, 6) is -0.549. The van der Waals surface area contributed by atoms with Gasteiger partial charge in [-0.05, 0) is 40.2 Å². The minimum Gasteiger partial charge on any atom is -0.378 e. The van der Waals surface area contributed by atoms with Crippen LogP contribution in [0.5, 0.6) is 0 Å². The Bertz CT molecular complexity index is 760. The average Bonchev–Trinajstić information content (AvgIpc) is 2.64. The molecule has 0 aliphatic carbocycles. The number of hydrogen-bond donors (Lipinski definition) is 1. The number of benzene rings is 1. The number of amides is 2. The minimum atomic E-state index is -0.362. The van der Waals surface area contributed by atoms with Gasteiger partial charge in [0.05, 0.1) is 18.9 Å². The van der Waals surface area contributed by atoms with Gasteiger partial charge in [-0.25, -0.2) is 4.98 Å². The molecule has 7 heteroatoms. The lowest BCUT2D eigenvalue weighted by molar-refractivity contribution is 0.0299. The van der Waals surface area contributed by atoms with Crippen LogP contribution in [0.15, 0.2) is 46.9 Å². The molecule has 0 bridgehead atoms. The van der Waals surface area contributed by atoms with Crippen LogP contribution < -0.4 is 5.32 Å². The second-order valence-corrected chi connectivity index (χ2v) is 6.10. The summed E-state index contributed by atoms with van der Waals surface area (Å²) in [5, 5.41) is 2.78. The van der Waals surface area contributed by atoms with E-state index in [1.807, 2.05) is 18.2 Å². The predicted molar refractivity (Wildman–Crippen MR) is 93.1 cm³/mol. The molecule has 1 aromatic heterocycles. The van der Waals surface area contributed by atoms with Gasteiger partial charge in [-0.3, -0.25) is 9.59 Å². The molecule has 3 rings (SSSR count). The van der Waals surface area contributed by atoms with Crippen LogP contribution in [0.3, 0.4) is 0 Å². The van der Waals surface area contributed by atoms with Crippen molar-refractivity contribution in [1.29, 1.82) is 0 Å². The average molecular weight is 390 g/mol. The summed E-state index contributed by atoms with van der Waals surface area (Å²) in [4.78, 5) is 30.7. The maximum Gasteiger partial charge on any atom is 0.274 e. The van der Waals surface area contributed by atoms with E-state index in [0.29, 0.717) is 32.0 Å². The van der Waals surface area contributed by atoms with Crippen LogP contribution in [0.4, 0.5) is 5.69 Å². The molecule has 2 amide bonds. The van der Waals surface area contributed by atoms with Crippen molar-refractivity contribution in [2.45, 2.75) is 0 Å². The van der Waals surface area contributed by atoms with E-state index < -0.39 is 0 Å². The first-order valence-electron chi connectivity index (χ1n) is 7.55. The van der Waals surface area contributed by atoms with Gasteiger partial charge >= 0.3 is 0 Å². The number of morpholine rings is 1. The number of rotatable bonds is 3. The van der Waals surface area contributed by atoms with Crippen molar-refractivity contribution in [1.82, 2.24) is 9.88 Å². The maximum absolute atomic E-state index is 12.5. The van der Waals surface area contributed by atoms with Crippen LogP contribution in [-0.2, 0) is 4.74 Å². The van der Waals surface area contributed by atoms with Crippen molar-refractivity contribution >= 4 is 33.4 Å². The van der Waals surface area contributed by atoms with Gasteiger partial charge in [0.2, 0.25) is 0 Å². The fourth-order valence-electron chi connectivity index (χ4n) is 2.36. The number of pyridine rings is 1. The Morgan fingerprint density at radius 2 is 1.75 bits per heavy atom. The number of nitrogens with one attached hydrogen (secondary N) is 1. The molecular formula is C17H16BrN3O3. The molecule has 0 saturated carbocycles. The van der Waals surface area contributed by atoms with Gasteiger partial charge in [0.15, 0.2) is 0 Å². The molecule has 0 spiro atoms. The number of carbonyl (C=O) groups is 2. The molecule has 0 radical (unpaired) electrons. The first-order valence-corrected chi connectivity index (χ1v) is 8.34. The van der Waals surface area contributed by atoms with E-state index in [9.17, 15) is 9.59 Å². The summed E-state index contributed by atoms with van der Waals surface area (Å²) >= 11 is 3.38. The number of nitrogens with zero attached hydrogens (tertiary/aromatic N) is 2. The summed E-state index contributed by atoms with van der Waals surface area (Å²) < 4.78 is 6.02. The van der Waals surface area contributed by atoms with E-state index in [4.69, 9.17) is 4.74 Å². The van der Waals surface area contributed by atoms with Gasteiger partial charge in [-0.15, -0.1) is 0 Å². The highest BCUT2D eigenvalue weighted by Gasteiger charge is 2.20. The van der Waals surface area contributed by atoms with E-state index in [0.717, 1.165) is 4.47 Å². The number of aromatic nitrogens is 1. The topological polar surface area (TPSA) is 71.5 Å². The van der Waals surface area contributed by atoms with Gasteiger partial charge in [0.1, 0.15) is 11.4 Å². The first kappa shape index (κ1) is 16.6.